The van der Waals surface area contributed by atoms with Gasteiger partial charge in [0.1, 0.15) is 5.82 Å². The van der Waals surface area contributed by atoms with Crippen molar-refractivity contribution in [3.8, 4) is 28.2 Å². The molecule has 0 atom stereocenters. The summed E-state index contributed by atoms with van der Waals surface area (Å²) in [5.41, 5.74) is 15.6. The van der Waals surface area contributed by atoms with Gasteiger partial charge in [-0.1, -0.05) is 165 Å². The van der Waals surface area contributed by atoms with E-state index in [2.05, 4.69) is 213 Å². The van der Waals surface area contributed by atoms with Crippen LogP contribution in [0.3, 0.4) is 0 Å². The van der Waals surface area contributed by atoms with Crippen molar-refractivity contribution < 1.29 is 0 Å². The van der Waals surface area contributed by atoms with E-state index in [1.165, 1.54) is 71.6 Å². The third-order valence-corrected chi connectivity index (χ3v) is 11.1. The molecule has 1 aliphatic carbocycles. The number of hydrogen-bond acceptors (Lipinski definition) is 1. The highest BCUT2D eigenvalue weighted by Crippen LogP contribution is 2.43. The molecule has 8 aromatic rings. The number of aromatic nitrogens is 2. The summed E-state index contributed by atoms with van der Waals surface area (Å²) in [6.45, 7) is 6.68. The van der Waals surface area contributed by atoms with Gasteiger partial charge >= 0.3 is 0 Å². The van der Waals surface area contributed by atoms with E-state index < -0.39 is 0 Å². The van der Waals surface area contributed by atoms with Crippen molar-refractivity contribution in [1.82, 2.24) is 9.55 Å². The number of fused-ring (bicyclic) bond motifs is 3. The molecule has 0 amide bonds. The van der Waals surface area contributed by atoms with E-state index in [1.807, 2.05) is 0 Å². The number of rotatable bonds is 8. The minimum atomic E-state index is 0.933. The maximum absolute atomic E-state index is 5.12. The van der Waals surface area contributed by atoms with Crippen LogP contribution in [0.1, 0.15) is 49.4 Å². The zero-order chi connectivity index (χ0) is 38.0. The lowest BCUT2D eigenvalue weighted by atomic mass is 9.83. The Balaban J connectivity index is 1.24. The van der Waals surface area contributed by atoms with Crippen LogP contribution in [0, 0.1) is 0 Å². The molecule has 0 N–H and O–H groups in total. The lowest BCUT2D eigenvalue weighted by Crippen LogP contribution is -1.97. The summed E-state index contributed by atoms with van der Waals surface area (Å²) < 4.78 is 2.26. The summed E-state index contributed by atoms with van der Waals surface area (Å²) in [5, 5.41) is 5.05. The molecule has 0 saturated heterocycles. The van der Waals surface area contributed by atoms with E-state index in [9.17, 15) is 0 Å². The molecule has 0 aliphatic heterocycles. The molecule has 270 valence electrons. The molecular formula is C54H44N2. The molecular weight excluding hydrogens is 677 g/mol. The first kappa shape index (κ1) is 35.0. The van der Waals surface area contributed by atoms with Crippen molar-refractivity contribution in [3.63, 3.8) is 0 Å². The van der Waals surface area contributed by atoms with Gasteiger partial charge in [0.15, 0.2) is 0 Å². The lowest BCUT2D eigenvalue weighted by Gasteiger charge is -2.20. The summed E-state index contributed by atoms with van der Waals surface area (Å²) in [4.78, 5) is 5.12. The second-order valence-electron chi connectivity index (χ2n) is 14.6. The van der Waals surface area contributed by atoms with Crippen LogP contribution in [-0.4, -0.2) is 9.55 Å². The second kappa shape index (κ2) is 15.2. The normalized spacial score (nSPS) is 14.1. The maximum atomic E-state index is 5.12. The third-order valence-electron chi connectivity index (χ3n) is 11.1. The van der Waals surface area contributed by atoms with Crippen LogP contribution in [-0.2, 0) is 6.42 Å². The van der Waals surface area contributed by atoms with Gasteiger partial charge in [0.25, 0.3) is 0 Å². The summed E-state index contributed by atoms with van der Waals surface area (Å²) in [7, 11) is 0. The van der Waals surface area contributed by atoms with Gasteiger partial charge in [-0.05, 0) is 129 Å². The molecule has 7 aromatic carbocycles. The van der Waals surface area contributed by atoms with Gasteiger partial charge in [-0.25, -0.2) is 4.98 Å². The van der Waals surface area contributed by atoms with Gasteiger partial charge in [-0.2, -0.15) is 0 Å². The van der Waals surface area contributed by atoms with Crippen LogP contribution in [0.2, 0.25) is 0 Å². The van der Waals surface area contributed by atoms with Crippen LogP contribution in [0.5, 0.6) is 0 Å². The zero-order valence-corrected chi connectivity index (χ0v) is 32.2. The molecule has 56 heavy (non-hydrogen) atoms. The van der Waals surface area contributed by atoms with Crippen molar-refractivity contribution in [2.45, 2.75) is 33.6 Å². The largest absolute Gasteiger partial charge is 0.292 e. The van der Waals surface area contributed by atoms with Crippen LogP contribution < -0.4 is 0 Å². The summed E-state index contributed by atoms with van der Waals surface area (Å²) in [5.74, 6) is 0.935. The SMILES string of the molecule is C/C=C(\C=C1\C=CC=CC1)c1c2ccccc2c(/C(C)=C/c2ccccc2CC)c2cc(-c3ccc(-c4nc5ccccc5n4-c4ccccc4)cc3)ccc12. The Hall–Kier alpha value is -6.77. The molecule has 0 fully saturated rings. The average molecular weight is 721 g/mol. The van der Waals surface area contributed by atoms with Crippen molar-refractivity contribution in [2.24, 2.45) is 0 Å². The fourth-order valence-electron chi connectivity index (χ4n) is 8.40. The predicted molar refractivity (Wildman–Crippen MR) is 241 cm³/mol. The molecule has 1 heterocycles. The monoisotopic (exact) mass is 720 g/mol. The Labute approximate surface area is 329 Å². The van der Waals surface area contributed by atoms with Crippen molar-refractivity contribution in [3.05, 3.63) is 210 Å². The molecule has 1 aromatic heterocycles. The molecule has 0 saturated carbocycles. The van der Waals surface area contributed by atoms with Gasteiger partial charge in [-0.3, -0.25) is 4.57 Å². The Bertz CT molecular complexity index is 2910. The summed E-state index contributed by atoms with van der Waals surface area (Å²) in [6.07, 6.45) is 17.7. The number of hydrogen-bond donors (Lipinski definition) is 0. The topological polar surface area (TPSA) is 17.8 Å². The molecule has 0 bridgehead atoms. The molecule has 0 radical (unpaired) electrons. The summed E-state index contributed by atoms with van der Waals surface area (Å²) >= 11 is 0. The molecule has 2 heteroatoms. The number of nitrogens with zero attached hydrogens (tertiary/aromatic N) is 2. The number of allylic oxidation sites excluding steroid dienone is 9. The first-order chi connectivity index (χ1) is 27.6. The van der Waals surface area contributed by atoms with Gasteiger partial charge < -0.3 is 0 Å². The highest BCUT2D eigenvalue weighted by molar-refractivity contribution is 6.18. The van der Waals surface area contributed by atoms with E-state index in [4.69, 9.17) is 4.98 Å². The van der Waals surface area contributed by atoms with E-state index in [1.54, 1.807) is 0 Å². The van der Waals surface area contributed by atoms with Crippen LogP contribution >= 0.6 is 0 Å². The quantitative estimate of drug-likeness (QED) is 0.113. The molecule has 0 spiro atoms. The Morgan fingerprint density at radius 1 is 0.661 bits per heavy atom. The second-order valence-corrected chi connectivity index (χ2v) is 14.6. The number of benzene rings is 7. The van der Waals surface area contributed by atoms with Crippen LogP contribution in [0.15, 0.2) is 188 Å². The number of imidazole rings is 1. The van der Waals surface area contributed by atoms with Gasteiger partial charge in [0.05, 0.1) is 11.0 Å². The molecule has 1 aliphatic rings. The Morgan fingerprint density at radius 2 is 1.34 bits per heavy atom. The fourth-order valence-corrected chi connectivity index (χ4v) is 8.40. The maximum Gasteiger partial charge on any atom is 0.145 e. The zero-order valence-electron chi connectivity index (χ0n) is 32.2. The van der Waals surface area contributed by atoms with E-state index in [0.717, 1.165) is 41.0 Å². The number of para-hydroxylation sites is 3. The Morgan fingerprint density at radius 3 is 2.11 bits per heavy atom. The Kier molecular flexibility index (Phi) is 9.47. The van der Waals surface area contributed by atoms with Gasteiger partial charge in [0, 0.05) is 11.3 Å². The van der Waals surface area contributed by atoms with Crippen molar-refractivity contribution in [1.29, 1.82) is 0 Å². The van der Waals surface area contributed by atoms with E-state index in [0.29, 0.717) is 0 Å². The van der Waals surface area contributed by atoms with E-state index in [-0.39, 0.29) is 0 Å². The predicted octanol–water partition coefficient (Wildman–Crippen LogP) is 14.6. The first-order valence-corrected chi connectivity index (χ1v) is 19.7. The fraction of sp³-hybridized carbons (Fsp3) is 0.0926. The highest BCUT2D eigenvalue weighted by Gasteiger charge is 2.19. The minimum absolute atomic E-state index is 0.933. The standard InChI is InChI=1S/C54H44N2/c1-4-39-20-12-13-21-43(39)34-37(3)52-46-24-14-15-25-47(46)53(40(5-2)35-38-18-8-6-9-19-38)48-33-32-44(36-49(48)52)41-28-30-42(31-29-41)54-55-50-26-16-17-27-51(50)56(54)45-22-10-7-11-23-45/h5-18,20-36H,4,19H2,1-3H3/b37-34+,38-35-,40-5+. The highest BCUT2D eigenvalue weighted by atomic mass is 15.1. The van der Waals surface area contributed by atoms with Crippen molar-refractivity contribution in [2.75, 3.05) is 0 Å². The number of aryl methyl sites for hydroxylation is 1. The van der Waals surface area contributed by atoms with Crippen LogP contribution in [0.25, 0.3) is 78.0 Å². The molecule has 0 unspecified atom stereocenters. The lowest BCUT2D eigenvalue weighted by molar-refractivity contribution is 1.10. The van der Waals surface area contributed by atoms with Crippen LogP contribution in [0.4, 0.5) is 0 Å². The van der Waals surface area contributed by atoms with E-state index >= 15 is 0 Å². The smallest absolute Gasteiger partial charge is 0.145 e. The van der Waals surface area contributed by atoms with Crippen molar-refractivity contribution >= 4 is 49.8 Å². The average Bonchev–Trinajstić information content (AvgIpc) is 3.65. The van der Waals surface area contributed by atoms with Gasteiger partial charge in [-0.15, -0.1) is 0 Å². The third kappa shape index (κ3) is 6.44. The first-order valence-electron chi connectivity index (χ1n) is 19.7. The van der Waals surface area contributed by atoms with Gasteiger partial charge in [0.2, 0.25) is 0 Å². The summed E-state index contributed by atoms with van der Waals surface area (Å²) in [6, 6.07) is 52.6. The molecule has 9 rings (SSSR count). The minimum Gasteiger partial charge on any atom is -0.292 e. The molecule has 2 nitrogen and oxygen atoms in total.